The number of methoxy groups -OCH3 is 1. The van der Waals surface area contributed by atoms with E-state index >= 15 is 0 Å². The summed E-state index contributed by atoms with van der Waals surface area (Å²) in [7, 11) is 1.56. The summed E-state index contributed by atoms with van der Waals surface area (Å²) in [5, 5.41) is 0. The van der Waals surface area contributed by atoms with Crippen molar-refractivity contribution in [2.24, 2.45) is 4.99 Å². The maximum absolute atomic E-state index is 10.4. The summed E-state index contributed by atoms with van der Waals surface area (Å²) >= 11 is 0. The third-order valence-corrected chi connectivity index (χ3v) is 3.06. The van der Waals surface area contributed by atoms with E-state index in [-0.39, 0.29) is 0 Å². The first kappa shape index (κ1) is 11.8. The minimum absolute atomic E-state index is 0.482. The average Bonchev–Trinajstić information content (AvgIpc) is 2.40. The van der Waals surface area contributed by atoms with Crippen molar-refractivity contribution in [1.82, 2.24) is 0 Å². The Bertz CT molecular complexity index is 432. The molecule has 0 spiro atoms. The lowest BCUT2D eigenvalue weighted by Crippen LogP contribution is -2.13. The SMILES string of the molecule is COc1ccc(C2CCOCC2)cc1N=C=O. The molecular formula is C13H15NO3. The van der Waals surface area contributed by atoms with Crippen LogP contribution in [0.1, 0.15) is 24.3 Å². The van der Waals surface area contributed by atoms with E-state index in [0.717, 1.165) is 26.1 Å². The Kier molecular flexibility index (Phi) is 3.91. The molecule has 1 aromatic carbocycles. The van der Waals surface area contributed by atoms with Crippen molar-refractivity contribution in [2.75, 3.05) is 20.3 Å². The third kappa shape index (κ3) is 2.73. The largest absolute Gasteiger partial charge is 0.494 e. The third-order valence-electron chi connectivity index (χ3n) is 3.06. The normalized spacial score (nSPS) is 16.3. The number of isocyanates is 1. The number of carbonyl (C=O) groups excluding carboxylic acids is 1. The maximum Gasteiger partial charge on any atom is 0.240 e. The van der Waals surface area contributed by atoms with Crippen LogP contribution in [-0.4, -0.2) is 26.4 Å². The van der Waals surface area contributed by atoms with E-state index < -0.39 is 0 Å². The lowest BCUT2D eigenvalue weighted by atomic mass is 9.91. The van der Waals surface area contributed by atoms with Gasteiger partial charge in [0.2, 0.25) is 6.08 Å². The van der Waals surface area contributed by atoms with E-state index in [1.54, 1.807) is 13.2 Å². The summed E-state index contributed by atoms with van der Waals surface area (Å²) in [6.07, 6.45) is 3.58. The minimum atomic E-state index is 0.482. The van der Waals surface area contributed by atoms with E-state index in [2.05, 4.69) is 4.99 Å². The molecule has 17 heavy (non-hydrogen) atoms. The molecule has 2 rings (SSSR count). The number of hydrogen-bond acceptors (Lipinski definition) is 4. The van der Waals surface area contributed by atoms with E-state index in [9.17, 15) is 4.79 Å². The van der Waals surface area contributed by atoms with Crippen molar-refractivity contribution in [1.29, 1.82) is 0 Å². The Morgan fingerprint density at radius 3 is 2.82 bits per heavy atom. The summed E-state index contributed by atoms with van der Waals surface area (Å²) in [6.45, 7) is 1.59. The van der Waals surface area contributed by atoms with Crippen molar-refractivity contribution in [3.05, 3.63) is 23.8 Å². The summed E-state index contributed by atoms with van der Waals surface area (Å²) in [5.41, 5.74) is 1.73. The van der Waals surface area contributed by atoms with Gasteiger partial charge in [0.1, 0.15) is 11.4 Å². The second-order valence-electron chi connectivity index (χ2n) is 4.02. The Labute approximate surface area is 100 Å². The molecule has 0 unspecified atom stereocenters. The highest BCUT2D eigenvalue weighted by atomic mass is 16.5. The fraction of sp³-hybridized carbons (Fsp3) is 0.462. The van der Waals surface area contributed by atoms with E-state index in [1.807, 2.05) is 18.2 Å². The quantitative estimate of drug-likeness (QED) is 0.595. The van der Waals surface area contributed by atoms with Gasteiger partial charge in [-0.2, -0.15) is 4.99 Å². The van der Waals surface area contributed by atoms with Gasteiger partial charge in [-0.25, -0.2) is 4.79 Å². The van der Waals surface area contributed by atoms with E-state index in [1.165, 1.54) is 5.56 Å². The molecule has 0 atom stereocenters. The van der Waals surface area contributed by atoms with Crippen LogP contribution in [-0.2, 0) is 9.53 Å². The molecule has 1 saturated heterocycles. The van der Waals surface area contributed by atoms with Crippen molar-refractivity contribution < 1.29 is 14.3 Å². The number of nitrogens with zero attached hydrogens (tertiary/aromatic N) is 1. The summed E-state index contributed by atoms with van der Waals surface area (Å²) in [6, 6.07) is 5.78. The topological polar surface area (TPSA) is 47.9 Å². The second-order valence-corrected chi connectivity index (χ2v) is 4.02. The molecule has 0 radical (unpaired) electrons. The first-order chi connectivity index (χ1) is 8.35. The Balaban J connectivity index is 2.28. The molecule has 0 N–H and O–H groups in total. The molecule has 0 bridgehead atoms. The number of aliphatic imine (C=N–C) groups is 1. The van der Waals surface area contributed by atoms with Crippen LogP contribution in [0, 0.1) is 0 Å². The molecule has 0 amide bonds. The van der Waals surface area contributed by atoms with Crippen LogP contribution < -0.4 is 4.74 Å². The van der Waals surface area contributed by atoms with Gasteiger partial charge in [-0.15, -0.1) is 0 Å². The standard InChI is InChI=1S/C13H15NO3/c1-16-13-3-2-11(8-12(13)14-9-15)10-4-6-17-7-5-10/h2-3,8,10H,4-7H2,1H3. The molecule has 4 heteroatoms. The highest BCUT2D eigenvalue weighted by Crippen LogP contribution is 2.34. The summed E-state index contributed by atoms with van der Waals surface area (Å²) < 4.78 is 10.5. The van der Waals surface area contributed by atoms with E-state index in [4.69, 9.17) is 9.47 Å². The smallest absolute Gasteiger partial charge is 0.240 e. The van der Waals surface area contributed by atoms with Crippen molar-refractivity contribution in [3.63, 3.8) is 0 Å². The molecule has 0 saturated carbocycles. The van der Waals surface area contributed by atoms with Crippen LogP contribution >= 0.6 is 0 Å². The monoisotopic (exact) mass is 233 g/mol. The lowest BCUT2D eigenvalue weighted by molar-refractivity contribution is 0.0853. The molecule has 1 aliphatic heterocycles. The highest BCUT2D eigenvalue weighted by Gasteiger charge is 2.17. The first-order valence-corrected chi connectivity index (χ1v) is 5.68. The van der Waals surface area contributed by atoms with Crippen LogP contribution in [0.3, 0.4) is 0 Å². The molecule has 1 aromatic rings. The predicted molar refractivity (Wildman–Crippen MR) is 63.6 cm³/mol. The Morgan fingerprint density at radius 2 is 2.18 bits per heavy atom. The van der Waals surface area contributed by atoms with Crippen molar-refractivity contribution in [2.45, 2.75) is 18.8 Å². The molecule has 90 valence electrons. The molecule has 1 fully saturated rings. The summed E-state index contributed by atoms with van der Waals surface area (Å²) in [5.74, 6) is 1.08. The van der Waals surface area contributed by atoms with Gasteiger partial charge in [0.05, 0.1) is 7.11 Å². The zero-order valence-corrected chi connectivity index (χ0v) is 9.81. The molecular weight excluding hydrogens is 218 g/mol. The summed E-state index contributed by atoms with van der Waals surface area (Å²) in [4.78, 5) is 14.0. The number of rotatable bonds is 3. The number of ether oxygens (including phenoxy) is 2. The zero-order valence-electron chi connectivity index (χ0n) is 9.81. The van der Waals surface area contributed by atoms with Crippen LogP contribution in [0.25, 0.3) is 0 Å². The molecule has 0 aromatic heterocycles. The van der Waals surface area contributed by atoms with Gasteiger partial charge in [0.15, 0.2) is 0 Å². The molecule has 4 nitrogen and oxygen atoms in total. The van der Waals surface area contributed by atoms with Crippen LogP contribution in [0.4, 0.5) is 5.69 Å². The van der Waals surface area contributed by atoms with Crippen LogP contribution in [0.2, 0.25) is 0 Å². The van der Waals surface area contributed by atoms with Gasteiger partial charge in [-0.3, -0.25) is 0 Å². The molecule has 1 heterocycles. The fourth-order valence-electron chi connectivity index (χ4n) is 2.13. The lowest BCUT2D eigenvalue weighted by Gasteiger charge is -2.22. The second kappa shape index (κ2) is 5.62. The first-order valence-electron chi connectivity index (χ1n) is 5.68. The Hall–Kier alpha value is -1.64. The van der Waals surface area contributed by atoms with Gasteiger partial charge in [-0.05, 0) is 36.5 Å². The average molecular weight is 233 g/mol. The van der Waals surface area contributed by atoms with Gasteiger partial charge < -0.3 is 9.47 Å². The van der Waals surface area contributed by atoms with Crippen LogP contribution in [0.5, 0.6) is 5.75 Å². The van der Waals surface area contributed by atoms with Crippen LogP contribution in [0.15, 0.2) is 23.2 Å². The maximum atomic E-state index is 10.4. The van der Waals surface area contributed by atoms with Gasteiger partial charge >= 0.3 is 0 Å². The molecule has 0 aliphatic carbocycles. The van der Waals surface area contributed by atoms with E-state index in [0.29, 0.717) is 17.4 Å². The van der Waals surface area contributed by atoms with Gasteiger partial charge in [0.25, 0.3) is 0 Å². The number of benzene rings is 1. The van der Waals surface area contributed by atoms with Gasteiger partial charge in [0, 0.05) is 13.2 Å². The van der Waals surface area contributed by atoms with Gasteiger partial charge in [-0.1, -0.05) is 6.07 Å². The fourth-order valence-corrected chi connectivity index (χ4v) is 2.13. The predicted octanol–water partition coefficient (Wildman–Crippen LogP) is 2.56. The minimum Gasteiger partial charge on any atom is -0.494 e. The highest BCUT2D eigenvalue weighted by molar-refractivity contribution is 5.59. The van der Waals surface area contributed by atoms with Crippen molar-refractivity contribution in [3.8, 4) is 5.75 Å². The zero-order chi connectivity index (χ0) is 12.1. The van der Waals surface area contributed by atoms with Crippen molar-refractivity contribution >= 4 is 11.8 Å². The molecule has 1 aliphatic rings. The number of hydrogen-bond donors (Lipinski definition) is 0. The Morgan fingerprint density at radius 1 is 1.41 bits per heavy atom.